The van der Waals surface area contributed by atoms with Gasteiger partial charge < -0.3 is 9.64 Å². The summed E-state index contributed by atoms with van der Waals surface area (Å²) in [6.45, 7) is 2.14. The van der Waals surface area contributed by atoms with Crippen LogP contribution < -0.4 is 4.90 Å². The number of benzene rings is 1. The van der Waals surface area contributed by atoms with Crippen molar-refractivity contribution in [2.24, 2.45) is 10.2 Å². The molecule has 0 aliphatic carbocycles. The number of pyridine rings is 1. The first-order valence-corrected chi connectivity index (χ1v) is 8.65. The van der Waals surface area contributed by atoms with Gasteiger partial charge in [-0.3, -0.25) is 4.98 Å². The summed E-state index contributed by atoms with van der Waals surface area (Å²) in [5, 5.41) is 9.58. The van der Waals surface area contributed by atoms with Crippen molar-refractivity contribution < 1.29 is 9.53 Å². The first-order chi connectivity index (χ1) is 12.1. The minimum atomic E-state index is -0.315. The van der Waals surface area contributed by atoms with Crippen LogP contribution in [0.4, 0.5) is 17.1 Å². The van der Waals surface area contributed by atoms with Crippen molar-refractivity contribution in [2.45, 2.75) is 6.92 Å². The summed E-state index contributed by atoms with van der Waals surface area (Å²) in [4.78, 5) is 18.8. The number of hydrogen-bond donors (Lipinski definition) is 0. The Hall–Kier alpha value is -2.80. The smallest absolute Gasteiger partial charge is 0.350 e. The topological polar surface area (TPSA) is 67.1 Å². The van der Waals surface area contributed by atoms with Gasteiger partial charge in [-0.15, -0.1) is 16.5 Å². The van der Waals surface area contributed by atoms with Crippen LogP contribution in [0.3, 0.4) is 0 Å². The molecule has 0 fully saturated rings. The molecule has 7 heteroatoms. The fourth-order valence-corrected chi connectivity index (χ4v) is 3.70. The molecule has 0 atom stereocenters. The average molecular weight is 354 g/mol. The molecule has 0 unspecified atom stereocenters. The molecule has 0 aliphatic rings. The van der Waals surface area contributed by atoms with Gasteiger partial charge in [-0.25, -0.2) is 4.79 Å². The molecular weight excluding hydrogens is 336 g/mol. The Bertz CT molecular complexity index is 919. The van der Waals surface area contributed by atoms with Gasteiger partial charge in [-0.2, -0.15) is 5.11 Å². The van der Waals surface area contributed by atoms with Crippen LogP contribution in [-0.2, 0) is 4.74 Å². The molecule has 0 bridgehead atoms. The number of fused-ring (bicyclic) bond motifs is 1. The van der Waals surface area contributed by atoms with Gasteiger partial charge in [-0.1, -0.05) is 12.1 Å². The van der Waals surface area contributed by atoms with Crippen LogP contribution in [0, 0.1) is 0 Å². The van der Waals surface area contributed by atoms with Gasteiger partial charge in [0.05, 0.1) is 22.7 Å². The first kappa shape index (κ1) is 17.0. The number of rotatable bonds is 5. The van der Waals surface area contributed by atoms with E-state index in [-0.39, 0.29) is 5.97 Å². The second kappa shape index (κ2) is 7.40. The molecule has 0 N–H and O–H groups in total. The van der Waals surface area contributed by atoms with E-state index in [1.54, 1.807) is 31.5 Å². The summed E-state index contributed by atoms with van der Waals surface area (Å²) in [5.74, 6) is -0.315. The molecule has 0 aliphatic heterocycles. The van der Waals surface area contributed by atoms with Gasteiger partial charge in [0.1, 0.15) is 10.6 Å². The molecule has 0 amide bonds. The molecule has 128 valence electrons. The van der Waals surface area contributed by atoms with E-state index in [1.807, 2.05) is 37.2 Å². The zero-order chi connectivity index (χ0) is 17.8. The molecule has 6 nitrogen and oxygen atoms in total. The number of esters is 1. The van der Waals surface area contributed by atoms with Crippen molar-refractivity contribution in [3.63, 3.8) is 0 Å². The molecule has 2 aromatic heterocycles. The van der Waals surface area contributed by atoms with Crippen molar-refractivity contribution in [3.05, 3.63) is 47.6 Å². The van der Waals surface area contributed by atoms with Gasteiger partial charge in [0.15, 0.2) is 0 Å². The molecule has 0 spiro atoms. The standard InChI is InChI=1S/C18H18N4O2S/c1-4-24-18(23)17-15(22(2)3)13-6-5-7-14(16(13)25-17)21-20-12-8-10-19-11-9-12/h5-11H,4H2,1-3H3. The Kier molecular flexibility index (Phi) is 5.04. The van der Waals surface area contributed by atoms with E-state index in [4.69, 9.17) is 4.74 Å². The second-order valence-corrected chi connectivity index (χ2v) is 6.47. The lowest BCUT2D eigenvalue weighted by Crippen LogP contribution is -2.13. The zero-order valence-electron chi connectivity index (χ0n) is 14.3. The van der Waals surface area contributed by atoms with Crippen LogP contribution in [0.25, 0.3) is 10.1 Å². The summed E-state index contributed by atoms with van der Waals surface area (Å²) in [6, 6.07) is 9.35. The maximum atomic E-state index is 12.3. The lowest BCUT2D eigenvalue weighted by atomic mass is 10.2. The predicted octanol–water partition coefficient (Wildman–Crippen LogP) is 4.95. The Morgan fingerprint density at radius 3 is 2.64 bits per heavy atom. The normalized spacial score (nSPS) is 11.2. The average Bonchev–Trinajstić information content (AvgIpc) is 3.01. The maximum absolute atomic E-state index is 12.3. The van der Waals surface area contributed by atoms with E-state index in [9.17, 15) is 4.79 Å². The lowest BCUT2D eigenvalue weighted by molar-refractivity contribution is 0.0533. The highest BCUT2D eigenvalue weighted by molar-refractivity contribution is 7.22. The largest absolute Gasteiger partial charge is 0.462 e. The summed E-state index contributed by atoms with van der Waals surface area (Å²) in [6.07, 6.45) is 3.34. The third-order valence-electron chi connectivity index (χ3n) is 3.51. The van der Waals surface area contributed by atoms with Crippen LogP contribution in [0.2, 0.25) is 0 Å². The van der Waals surface area contributed by atoms with Gasteiger partial charge in [0, 0.05) is 31.9 Å². The molecule has 3 aromatic rings. The number of hydrogen-bond acceptors (Lipinski definition) is 7. The molecule has 2 heterocycles. The highest BCUT2D eigenvalue weighted by Crippen LogP contribution is 2.42. The molecule has 0 saturated heterocycles. The Morgan fingerprint density at radius 1 is 1.20 bits per heavy atom. The van der Waals surface area contributed by atoms with Crippen LogP contribution >= 0.6 is 11.3 Å². The SMILES string of the molecule is CCOC(=O)c1sc2c(N=Nc3ccncc3)cccc2c1N(C)C. The van der Waals surface area contributed by atoms with E-state index < -0.39 is 0 Å². The third-order valence-corrected chi connectivity index (χ3v) is 4.71. The van der Waals surface area contributed by atoms with E-state index >= 15 is 0 Å². The number of azo groups is 1. The number of aromatic nitrogens is 1. The molecule has 0 saturated carbocycles. The van der Waals surface area contributed by atoms with Gasteiger partial charge in [0.25, 0.3) is 0 Å². The van der Waals surface area contributed by atoms with Crippen molar-refractivity contribution in [2.75, 3.05) is 25.6 Å². The number of nitrogens with zero attached hydrogens (tertiary/aromatic N) is 4. The Labute approximate surface area is 149 Å². The highest BCUT2D eigenvalue weighted by Gasteiger charge is 2.22. The van der Waals surface area contributed by atoms with Gasteiger partial charge in [-0.05, 0) is 25.1 Å². The first-order valence-electron chi connectivity index (χ1n) is 7.83. The minimum Gasteiger partial charge on any atom is -0.462 e. The molecular formula is C18H18N4O2S. The monoisotopic (exact) mass is 354 g/mol. The predicted molar refractivity (Wildman–Crippen MR) is 101 cm³/mol. The number of carbonyl (C=O) groups excluding carboxylic acids is 1. The number of anilines is 1. The van der Waals surface area contributed by atoms with Crippen molar-refractivity contribution in [1.29, 1.82) is 0 Å². The van der Waals surface area contributed by atoms with Crippen LogP contribution in [0.1, 0.15) is 16.6 Å². The minimum absolute atomic E-state index is 0.315. The summed E-state index contributed by atoms with van der Waals surface area (Å²) in [7, 11) is 3.82. The fourth-order valence-electron chi connectivity index (χ4n) is 2.47. The second-order valence-electron chi connectivity index (χ2n) is 5.45. The molecule has 25 heavy (non-hydrogen) atoms. The van der Waals surface area contributed by atoms with E-state index in [0.717, 1.165) is 27.1 Å². The summed E-state index contributed by atoms with van der Waals surface area (Å²) < 4.78 is 6.11. The van der Waals surface area contributed by atoms with E-state index in [1.165, 1.54) is 11.3 Å². The maximum Gasteiger partial charge on any atom is 0.350 e. The number of ether oxygens (including phenoxy) is 1. The van der Waals surface area contributed by atoms with Crippen molar-refractivity contribution >= 4 is 44.5 Å². The lowest BCUT2D eigenvalue weighted by Gasteiger charge is -2.13. The third kappa shape index (κ3) is 3.51. The van der Waals surface area contributed by atoms with E-state index in [0.29, 0.717) is 11.5 Å². The van der Waals surface area contributed by atoms with Gasteiger partial charge in [0.2, 0.25) is 0 Å². The molecule has 1 aromatic carbocycles. The van der Waals surface area contributed by atoms with E-state index in [2.05, 4.69) is 15.2 Å². The van der Waals surface area contributed by atoms with Gasteiger partial charge >= 0.3 is 5.97 Å². The van der Waals surface area contributed by atoms with Crippen LogP contribution in [0.5, 0.6) is 0 Å². The Balaban J connectivity index is 2.11. The van der Waals surface area contributed by atoms with Crippen LogP contribution in [-0.4, -0.2) is 31.7 Å². The number of thiophene rings is 1. The Morgan fingerprint density at radius 2 is 1.96 bits per heavy atom. The van der Waals surface area contributed by atoms with Crippen molar-refractivity contribution in [3.8, 4) is 0 Å². The molecule has 0 radical (unpaired) electrons. The zero-order valence-corrected chi connectivity index (χ0v) is 15.1. The fraction of sp³-hybridized carbons (Fsp3) is 0.222. The summed E-state index contributed by atoms with van der Waals surface area (Å²) >= 11 is 1.38. The highest BCUT2D eigenvalue weighted by atomic mass is 32.1. The molecule has 3 rings (SSSR count). The number of carbonyl (C=O) groups is 1. The van der Waals surface area contributed by atoms with Crippen LogP contribution in [0.15, 0.2) is 53.0 Å². The quantitative estimate of drug-likeness (QED) is 0.480. The van der Waals surface area contributed by atoms with Crippen molar-refractivity contribution in [1.82, 2.24) is 4.98 Å². The summed E-state index contributed by atoms with van der Waals surface area (Å²) in [5.41, 5.74) is 2.29.